The van der Waals surface area contributed by atoms with Gasteiger partial charge in [-0.05, 0) is 10.7 Å². The normalized spacial score (nSPS) is 11.1. The molecule has 0 heterocycles. The topological polar surface area (TPSA) is 68.2 Å². The van der Waals surface area contributed by atoms with Crippen LogP contribution in [0.25, 0.3) is 0 Å². The van der Waals surface area contributed by atoms with Gasteiger partial charge in [-0.25, -0.2) is 31.5 Å². The van der Waals surface area contributed by atoms with Gasteiger partial charge in [0.05, 0.1) is 7.11 Å². The number of rotatable bonds is 6. The lowest BCUT2D eigenvalue weighted by Crippen LogP contribution is -2.37. The molecule has 6 nitrogen and oxygen atoms in total. The van der Waals surface area contributed by atoms with Gasteiger partial charge in [-0.15, -0.1) is 6.58 Å². The molecule has 31 heavy (non-hydrogen) atoms. The lowest BCUT2D eigenvalue weighted by molar-refractivity contribution is -0.133. The van der Waals surface area contributed by atoms with Crippen LogP contribution in [0.2, 0.25) is 0 Å². The van der Waals surface area contributed by atoms with Crippen LogP contribution in [0.15, 0.2) is 48.1 Å². The SMILES string of the molecule is C=CCN(Cc1ccccc1)/C(=N\OC(=O)c1c(F)c(F)c(F)c(F)c1F)C(=O)OC. The van der Waals surface area contributed by atoms with Crippen molar-refractivity contribution >= 4 is 17.8 Å². The highest BCUT2D eigenvalue weighted by Gasteiger charge is 2.31. The third-order valence-electron chi connectivity index (χ3n) is 3.86. The first-order valence-corrected chi connectivity index (χ1v) is 8.51. The predicted octanol–water partition coefficient (Wildman–Crippen LogP) is 3.71. The first-order chi connectivity index (χ1) is 14.7. The Morgan fingerprint density at radius 2 is 1.55 bits per heavy atom. The molecule has 0 aromatic heterocycles. The molecule has 164 valence electrons. The maximum absolute atomic E-state index is 13.8. The molecule has 0 radical (unpaired) electrons. The van der Waals surface area contributed by atoms with Gasteiger partial charge in [0.25, 0.3) is 5.84 Å². The summed E-state index contributed by atoms with van der Waals surface area (Å²) in [5.74, 6) is -15.6. The molecule has 0 unspecified atom stereocenters. The Kier molecular flexibility index (Phi) is 7.83. The number of oxime groups is 1. The van der Waals surface area contributed by atoms with Crippen LogP contribution in [-0.4, -0.2) is 36.3 Å². The Morgan fingerprint density at radius 1 is 1.00 bits per heavy atom. The van der Waals surface area contributed by atoms with E-state index in [1.165, 1.54) is 11.0 Å². The number of hydrogen-bond donors (Lipinski definition) is 0. The zero-order valence-corrected chi connectivity index (χ0v) is 16.0. The van der Waals surface area contributed by atoms with Crippen LogP contribution in [0, 0.1) is 29.1 Å². The standard InChI is InChI=1S/C20H15F5N2O4/c1-3-9-27(10-11-7-5-4-6-8-11)18(20(29)30-2)26-31-19(28)12-13(21)15(23)17(25)16(24)14(12)22/h3-8H,1,9-10H2,2H3/b26-18-. The first-order valence-electron chi connectivity index (χ1n) is 8.51. The van der Waals surface area contributed by atoms with Crippen molar-refractivity contribution in [2.75, 3.05) is 13.7 Å². The van der Waals surface area contributed by atoms with E-state index in [0.29, 0.717) is 5.56 Å². The van der Waals surface area contributed by atoms with Gasteiger partial charge < -0.3 is 14.5 Å². The molecule has 0 saturated heterocycles. The van der Waals surface area contributed by atoms with Crippen molar-refractivity contribution in [3.8, 4) is 0 Å². The minimum absolute atomic E-state index is 0.00288. The molecule has 0 aliphatic rings. The number of esters is 1. The molecule has 0 aliphatic carbocycles. The van der Waals surface area contributed by atoms with Gasteiger partial charge in [0.15, 0.2) is 23.3 Å². The van der Waals surface area contributed by atoms with Crippen molar-refractivity contribution in [3.05, 3.63) is 83.2 Å². The van der Waals surface area contributed by atoms with Crippen LogP contribution >= 0.6 is 0 Å². The van der Waals surface area contributed by atoms with Gasteiger partial charge in [-0.1, -0.05) is 36.4 Å². The summed E-state index contributed by atoms with van der Waals surface area (Å²) in [7, 11) is 0.998. The summed E-state index contributed by atoms with van der Waals surface area (Å²) < 4.78 is 71.9. The first kappa shape index (κ1) is 23.5. The quantitative estimate of drug-likeness (QED) is 0.0786. The summed E-state index contributed by atoms with van der Waals surface area (Å²) in [4.78, 5) is 29.7. The van der Waals surface area contributed by atoms with Crippen LogP contribution in [0.4, 0.5) is 22.0 Å². The molecule has 0 spiro atoms. The van der Waals surface area contributed by atoms with Gasteiger partial charge in [0.2, 0.25) is 5.82 Å². The summed E-state index contributed by atoms with van der Waals surface area (Å²) >= 11 is 0. The summed E-state index contributed by atoms with van der Waals surface area (Å²) in [6.45, 7) is 3.59. The fraction of sp³-hybridized carbons (Fsp3) is 0.150. The zero-order chi connectivity index (χ0) is 23.1. The molecular weight excluding hydrogens is 427 g/mol. The second-order valence-electron chi connectivity index (χ2n) is 5.88. The van der Waals surface area contributed by atoms with Crippen LogP contribution in [-0.2, 0) is 20.9 Å². The number of ether oxygens (including phenoxy) is 1. The molecular formula is C20H15F5N2O4. The van der Waals surface area contributed by atoms with E-state index in [0.717, 1.165) is 7.11 Å². The monoisotopic (exact) mass is 442 g/mol. The maximum atomic E-state index is 13.8. The van der Waals surface area contributed by atoms with E-state index in [1.54, 1.807) is 30.3 Å². The summed E-state index contributed by atoms with van der Waals surface area (Å²) in [5, 5.41) is 3.25. The van der Waals surface area contributed by atoms with Crippen molar-refractivity contribution in [1.82, 2.24) is 4.90 Å². The molecule has 0 atom stereocenters. The van der Waals surface area contributed by atoms with Crippen LogP contribution in [0.1, 0.15) is 15.9 Å². The fourth-order valence-corrected chi connectivity index (χ4v) is 2.42. The largest absolute Gasteiger partial charge is 0.463 e. The molecule has 0 fully saturated rings. The minimum atomic E-state index is -2.44. The lowest BCUT2D eigenvalue weighted by atomic mass is 10.1. The zero-order valence-electron chi connectivity index (χ0n) is 16.0. The van der Waals surface area contributed by atoms with Crippen LogP contribution < -0.4 is 0 Å². The molecule has 0 saturated carbocycles. The maximum Gasteiger partial charge on any atom is 0.377 e. The summed E-state index contributed by atoms with van der Waals surface area (Å²) in [6, 6.07) is 8.62. The third-order valence-corrected chi connectivity index (χ3v) is 3.86. The number of methoxy groups -OCH3 is 1. The van der Waals surface area contributed by atoms with E-state index in [4.69, 9.17) is 0 Å². The smallest absolute Gasteiger partial charge is 0.377 e. The average Bonchev–Trinajstić information content (AvgIpc) is 2.77. The van der Waals surface area contributed by atoms with Gasteiger partial charge in [-0.3, -0.25) is 0 Å². The number of carbonyl (C=O) groups is 2. The van der Waals surface area contributed by atoms with E-state index in [2.05, 4.69) is 21.3 Å². The van der Waals surface area contributed by atoms with Gasteiger partial charge in [0.1, 0.15) is 5.56 Å². The van der Waals surface area contributed by atoms with E-state index in [9.17, 15) is 31.5 Å². The highest BCUT2D eigenvalue weighted by atomic mass is 19.2. The molecule has 0 N–H and O–H groups in total. The molecule has 0 aliphatic heterocycles. The fourth-order valence-electron chi connectivity index (χ4n) is 2.42. The number of amidine groups is 1. The van der Waals surface area contributed by atoms with Crippen molar-refractivity contribution in [2.24, 2.45) is 5.16 Å². The summed E-state index contributed by atoms with van der Waals surface area (Å²) in [6.07, 6.45) is 1.38. The number of nitrogens with zero attached hydrogens (tertiary/aromatic N) is 2. The van der Waals surface area contributed by atoms with Gasteiger partial charge >= 0.3 is 11.9 Å². The molecule has 11 heteroatoms. The highest BCUT2D eigenvalue weighted by molar-refractivity contribution is 6.35. The molecule has 2 rings (SSSR count). The van der Waals surface area contributed by atoms with E-state index < -0.39 is 52.4 Å². The second-order valence-corrected chi connectivity index (χ2v) is 5.88. The van der Waals surface area contributed by atoms with Crippen molar-refractivity contribution in [3.63, 3.8) is 0 Å². The van der Waals surface area contributed by atoms with Crippen molar-refractivity contribution in [1.29, 1.82) is 0 Å². The number of carbonyl (C=O) groups excluding carboxylic acids is 2. The van der Waals surface area contributed by atoms with E-state index in [1.807, 2.05) is 0 Å². The average molecular weight is 442 g/mol. The number of halogens is 5. The lowest BCUT2D eigenvalue weighted by Gasteiger charge is -2.22. The van der Waals surface area contributed by atoms with E-state index in [-0.39, 0.29) is 13.1 Å². The van der Waals surface area contributed by atoms with Crippen molar-refractivity contribution < 1.29 is 41.1 Å². The highest BCUT2D eigenvalue weighted by Crippen LogP contribution is 2.23. The Bertz CT molecular complexity index is 999. The number of hydrogen-bond acceptors (Lipinski definition) is 5. The Balaban J connectivity index is 2.41. The Morgan fingerprint density at radius 3 is 2.06 bits per heavy atom. The minimum Gasteiger partial charge on any atom is -0.463 e. The molecule has 0 amide bonds. The third kappa shape index (κ3) is 5.24. The van der Waals surface area contributed by atoms with Gasteiger partial charge in [-0.2, -0.15) is 0 Å². The van der Waals surface area contributed by atoms with Crippen molar-refractivity contribution in [2.45, 2.75) is 6.54 Å². The van der Waals surface area contributed by atoms with Crippen LogP contribution in [0.3, 0.4) is 0 Å². The summed E-state index contributed by atoms with van der Waals surface area (Å²) in [5.41, 5.74) is -1.16. The predicted molar refractivity (Wildman–Crippen MR) is 98.1 cm³/mol. The Hall–Kier alpha value is -3.76. The molecule has 2 aromatic rings. The van der Waals surface area contributed by atoms with Crippen LogP contribution in [0.5, 0.6) is 0 Å². The second kappa shape index (κ2) is 10.3. The molecule has 0 bridgehead atoms. The molecule has 2 aromatic carbocycles. The van der Waals surface area contributed by atoms with E-state index >= 15 is 0 Å². The number of benzene rings is 2. The Labute approximate surface area is 173 Å². The van der Waals surface area contributed by atoms with Gasteiger partial charge in [0, 0.05) is 13.1 Å².